The number of hydrogen-bond donors (Lipinski definition) is 0. The molecule has 5 rings (SSSR count). The third-order valence-corrected chi connectivity index (χ3v) is 5.70. The van der Waals surface area contributed by atoms with Crippen molar-refractivity contribution >= 4 is 22.4 Å². The van der Waals surface area contributed by atoms with Crippen molar-refractivity contribution in [1.29, 1.82) is 0 Å². The standard InChI is InChI=1S/C28H19Cl/c29-27-17-8-7-14-24(27)26-16-9-15-25-22(20-10-3-1-4-11-20)18-19-23(28(25)26)21-12-5-2-6-13-21/h1-19H. The summed E-state index contributed by atoms with van der Waals surface area (Å²) >= 11 is 6.61. The average Bonchev–Trinajstić information content (AvgIpc) is 2.79. The summed E-state index contributed by atoms with van der Waals surface area (Å²) in [6.07, 6.45) is 0. The zero-order valence-electron chi connectivity index (χ0n) is 15.8. The lowest BCUT2D eigenvalue weighted by molar-refractivity contribution is 1.61. The van der Waals surface area contributed by atoms with Gasteiger partial charge in [0.05, 0.1) is 0 Å². The van der Waals surface area contributed by atoms with E-state index < -0.39 is 0 Å². The molecule has 5 aromatic rings. The molecule has 0 nitrogen and oxygen atoms in total. The molecule has 0 spiro atoms. The first-order valence-corrected chi connectivity index (χ1v) is 10.1. The van der Waals surface area contributed by atoms with Crippen molar-refractivity contribution in [3.05, 3.63) is 120 Å². The topological polar surface area (TPSA) is 0 Å². The summed E-state index contributed by atoms with van der Waals surface area (Å²) in [7, 11) is 0. The van der Waals surface area contributed by atoms with E-state index in [1.165, 1.54) is 33.0 Å². The maximum Gasteiger partial charge on any atom is 0.0484 e. The van der Waals surface area contributed by atoms with Crippen LogP contribution in [0, 0.1) is 0 Å². The predicted octanol–water partition coefficient (Wildman–Crippen LogP) is 8.49. The zero-order valence-corrected chi connectivity index (χ0v) is 16.6. The van der Waals surface area contributed by atoms with E-state index in [4.69, 9.17) is 11.6 Å². The van der Waals surface area contributed by atoms with Gasteiger partial charge in [-0.15, -0.1) is 0 Å². The van der Waals surface area contributed by atoms with E-state index in [0.29, 0.717) is 0 Å². The maximum absolute atomic E-state index is 6.61. The monoisotopic (exact) mass is 390 g/mol. The molecule has 0 N–H and O–H groups in total. The summed E-state index contributed by atoms with van der Waals surface area (Å²) in [6.45, 7) is 0. The Morgan fingerprint density at radius 2 is 0.931 bits per heavy atom. The molecule has 0 aliphatic heterocycles. The van der Waals surface area contributed by atoms with Gasteiger partial charge in [0.25, 0.3) is 0 Å². The van der Waals surface area contributed by atoms with E-state index in [1.807, 2.05) is 18.2 Å². The van der Waals surface area contributed by atoms with Gasteiger partial charge < -0.3 is 0 Å². The summed E-state index contributed by atoms with van der Waals surface area (Å²) in [6, 6.07) is 40.2. The second-order valence-corrected chi connectivity index (χ2v) is 7.51. The Bertz CT molecular complexity index is 1290. The third-order valence-electron chi connectivity index (χ3n) is 5.37. The van der Waals surface area contributed by atoms with Crippen LogP contribution in [0.1, 0.15) is 0 Å². The third kappa shape index (κ3) is 3.22. The first-order chi connectivity index (χ1) is 14.3. The van der Waals surface area contributed by atoms with E-state index in [2.05, 4.69) is 97.1 Å². The van der Waals surface area contributed by atoms with Gasteiger partial charge in [-0.05, 0) is 44.7 Å². The molecule has 0 aliphatic rings. The van der Waals surface area contributed by atoms with E-state index in [9.17, 15) is 0 Å². The molecular weight excluding hydrogens is 372 g/mol. The van der Waals surface area contributed by atoms with Crippen molar-refractivity contribution in [1.82, 2.24) is 0 Å². The van der Waals surface area contributed by atoms with Crippen molar-refractivity contribution in [2.24, 2.45) is 0 Å². The van der Waals surface area contributed by atoms with Gasteiger partial charge in [0.2, 0.25) is 0 Å². The predicted molar refractivity (Wildman–Crippen MR) is 125 cm³/mol. The van der Waals surface area contributed by atoms with Crippen LogP contribution in [0.2, 0.25) is 5.02 Å². The lowest BCUT2D eigenvalue weighted by Gasteiger charge is -2.17. The van der Waals surface area contributed by atoms with Crippen LogP contribution in [-0.4, -0.2) is 0 Å². The summed E-state index contributed by atoms with van der Waals surface area (Å²) < 4.78 is 0. The first-order valence-electron chi connectivity index (χ1n) is 9.74. The van der Waals surface area contributed by atoms with Crippen molar-refractivity contribution < 1.29 is 0 Å². The highest BCUT2D eigenvalue weighted by atomic mass is 35.5. The first kappa shape index (κ1) is 17.7. The van der Waals surface area contributed by atoms with Crippen molar-refractivity contribution in [2.75, 3.05) is 0 Å². The molecule has 0 aliphatic carbocycles. The normalized spacial score (nSPS) is 10.9. The molecule has 0 heterocycles. The Labute approximate surface area is 176 Å². The zero-order chi connectivity index (χ0) is 19.6. The number of rotatable bonds is 3. The molecule has 0 atom stereocenters. The molecule has 138 valence electrons. The van der Waals surface area contributed by atoms with Gasteiger partial charge in [-0.25, -0.2) is 0 Å². The van der Waals surface area contributed by atoms with Crippen LogP contribution < -0.4 is 0 Å². The largest absolute Gasteiger partial charge is 0.0837 e. The van der Waals surface area contributed by atoms with E-state index in [-0.39, 0.29) is 0 Å². The molecule has 0 bridgehead atoms. The van der Waals surface area contributed by atoms with Crippen LogP contribution >= 0.6 is 11.6 Å². The van der Waals surface area contributed by atoms with Crippen LogP contribution in [0.4, 0.5) is 0 Å². The van der Waals surface area contributed by atoms with Gasteiger partial charge in [0.1, 0.15) is 0 Å². The quantitative estimate of drug-likeness (QED) is 0.289. The lowest BCUT2D eigenvalue weighted by atomic mass is 9.87. The molecule has 0 saturated heterocycles. The maximum atomic E-state index is 6.61. The minimum absolute atomic E-state index is 0.768. The van der Waals surface area contributed by atoms with Gasteiger partial charge in [-0.3, -0.25) is 0 Å². The molecule has 29 heavy (non-hydrogen) atoms. The second kappa shape index (κ2) is 7.58. The average molecular weight is 391 g/mol. The molecule has 5 aromatic carbocycles. The molecule has 0 amide bonds. The Balaban J connectivity index is 1.90. The molecule has 0 aromatic heterocycles. The van der Waals surface area contributed by atoms with Crippen molar-refractivity contribution in [3.8, 4) is 33.4 Å². The van der Waals surface area contributed by atoms with Crippen molar-refractivity contribution in [3.63, 3.8) is 0 Å². The molecule has 0 unspecified atom stereocenters. The van der Waals surface area contributed by atoms with E-state index >= 15 is 0 Å². The molecular formula is C28H19Cl. The summed E-state index contributed by atoms with van der Waals surface area (Å²) in [4.78, 5) is 0. The Morgan fingerprint density at radius 1 is 0.379 bits per heavy atom. The highest BCUT2D eigenvalue weighted by molar-refractivity contribution is 6.34. The minimum atomic E-state index is 0.768. The Hall–Kier alpha value is -3.35. The van der Waals surface area contributed by atoms with Crippen LogP contribution in [0.3, 0.4) is 0 Å². The fraction of sp³-hybridized carbons (Fsp3) is 0. The summed E-state index contributed by atoms with van der Waals surface area (Å²) in [5, 5.41) is 3.23. The summed E-state index contributed by atoms with van der Waals surface area (Å²) in [5.41, 5.74) is 7.09. The highest BCUT2D eigenvalue weighted by Crippen LogP contribution is 2.42. The van der Waals surface area contributed by atoms with Crippen LogP contribution in [0.5, 0.6) is 0 Å². The summed E-state index contributed by atoms with van der Waals surface area (Å²) in [5.74, 6) is 0. The van der Waals surface area contributed by atoms with Crippen LogP contribution in [0.25, 0.3) is 44.2 Å². The SMILES string of the molecule is Clc1ccccc1-c1cccc2c(-c3ccccc3)ccc(-c3ccccc3)c12. The lowest BCUT2D eigenvalue weighted by Crippen LogP contribution is -1.90. The second-order valence-electron chi connectivity index (χ2n) is 7.10. The van der Waals surface area contributed by atoms with Crippen LogP contribution in [0.15, 0.2) is 115 Å². The van der Waals surface area contributed by atoms with E-state index in [1.54, 1.807) is 0 Å². The van der Waals surface area contributed by atoms with Gasteiger partial charge >= 0.3 is 0 Å². The van der Waals surface area contributed by atoms with Crippen molar-refractivity contribution in [2.45, 2.75) is 0 Å². The van der Waals surface area contributed by atoms with Crippen LogP contribution in [-0.2, 0) is 0 Å². The number of fused-ring (bicyclic) bond motifs is 1. The van der Waals surface area contributed by atoms with Gasteiger partial charge in [-0.2, -0.15) is 0 Å². The Morgan fingerprint density at radius 3 is 1.62 bits per heavy atom. The highest BCUT2D eigenvalue weighted by Gasteiger charge is 2.15. The van der Waals surface area contributed by atoms with E-state index in [0.717, 1.165) is 16.1 Å². The molecule has 1 heteroatoms. The van der Waals surface area contributed by atoms with Gasteiger partial charge in [0.15, 0.2) is 0 Å². The molecule has 0 radical (unpaired) electrons. The Kier molecular flexibility index (Phi) is 4.63. The van der Waals surface area contributed by atoms with Gasteiger partial charge in [-0.1, -0.05) is 121 Å². The molecule has 0 saturated carbocycles. The minimum Gasteiger partial charge on any atom is -0.0837 e. The fourth-order valence-corrected chi connectivity index (χ4v) is 4.28. The number of hydrogen-bond acceptors (Lipinski definition) is 0. The van der Waals surface area contributed by atoms with Gasteiger partial charge in [0, 0.05) is 10.6 Å². The smallest absolute Gasteiger partial charge is 0.0484 e. The molecule has 0 fully saturated rings. The number of halogens is 1. The number of benzene rings is 5. The fourth-order valence-electron chi connectivity index (χ4n) is 4.04.